The molecule has 0 aromatic heterocycles. The minimum atomic E-state index is -3.22. The monoisotopic (exact) mass is 370 g/mol. The van der Waals surface area contributed by atoms with Gasteiger partial charge in [0, 0.05) is 31.6 Å². The largest absolute Gasteiger partial charge is 0.379 e. The van der Waals surface area contributed by atoms with Crippen LogP contribution >= 0.6 is 0 Å². The Morgan fingerprint density at radius 2 is 1.84 bits per heavy atom. The Labute approximate surface area is 151 Å². The first kappa shape index (κ1) is 18.9. The molecule has 1 amide bonds. The van der Waals surface area contributed by atoms with Crippen LogP contribution in [0.1, 0.15) is 39.0 Å². The van der Waals surface area contributed by atoms with E-state index in [4.69, 9.17) is 4.74 Å². The maximum Gasteiger partial charge on any atom is 0.228 e. The molecule has 1 atom stereocenters. The molecule has 2 aliphatic heterocycles. The second-order valence-electron chi connectivity index (χ2n) is 8.22. The first-order chi connectivity index (χ1) is 11.7. The summed E-state index contributed by atoms with van der Waals surface area (Å²) in [7, 11) is -3.22. The number of carbonyl (C=O) groups is 1. The second-order valence-corrected chi connectivity index (χ2v) is 10.2. The Balaban J connectivity index is 1.66. The predicted octanol–water partition coefficient (Wildman–Crippen LogP) is 1.63. The van der Waals surface area contributed by atoms with Crippen molar-refractivity contribution in [3.63, 3.8) is 0 Å². The van der Waals surface area contributed by atoms with E-state index in [0.29, 0.717) is 39.4 Å². The fourth-order valence-corrected chi connectivity index (χ4v) is 5.18. The number of hydrogen-bond acceptors (Lipinski definition) is 4. The fourth-order valence-electron chi connectivity index (χ4n) is 4.26. The third kappa shape index (κ3) is 4.09. The summed E-state index contributed by atoms with van der Waals surface area (Å²) in [6.07, 6.45) is 9.85. The Morgan fingerprint density at radius 3 is 2.44 bits per heavy atom. The van der Waals surface area contributed by atoms with Gasteiger partial charge in [0.25, 0.3) is 0 Å². The summed E-state index contributed by atoms with van der Waals surface area (Å²) in [5, 5.41) is 0. The first-order valence-corrected chi connectivity index (χ1v) is 11.1. The number of rotatable bonds is 2. The van der Waals surface area contributed by atoms with Crippen molar-refractivity contribution < 1.29 is 17.9 Å². The Kier molecular flexibility index (Phi) is 5.28. The van der Waals surface area contributed by atoms with E-state index in [1.165, 1.54) is 6.26 Å². The average Bonchev–Trinajstić information content (AvgIpc) is 2.78. The molecule has 0 radical (unpaired) electrons. The minimum absolute atomic E-state index is 0.163. The van der Waals surface area contributed by atoms with Crippen LogP contribution in [0.15, 0.2) is 12.2 Å². The van der Waals surface area contributed by atoms with Crippen molar-refractivity contribution in [1.82, 2.24) is 9.21 Å². The standard InChI is InChI=1S/C18H30N2O4S/c1-17(6-4-3-5-7-17)16(21)19-10-8-18(9-11-19)14-20(25(2,22)23)12-13-24-15-18/h3-4H,5-15H2,1-2H3. The van der Waals surface area contributed by atoms with Crippen LogP contribution in [0.5, 0.6) is 0 Å². The second kappa shape index (κ2) is 7.00. The van der Waals surface area contributed by atoms with Crippen molar-refractivity contribution in [2.24, 2.45) is 10.8 Å². The lowest BCUT2D eigenvalue weighted by Gasteiger charge is -2.44. The van der Waals surface area contributed by atoms with E-state index in [2.05, 4.69) is 19.1 Å². The van der Waals surface area contributed by atoms with Crippen LogP contribution in [0.25, 0.3) is 0 Å². The van der Waals surface area contributed by atoms with Crippen LogP contribution in [-0.4, -0.2) is 69.2 Å². The van der Waals surface area contributed by atoms with E-state index in [0.717, 1.165) is 32.1 Å². The van der Waals surface area contributed by atoms with E-state index >= 15 is 0 Å². The molecule has 2 heterocycles. The van der Waals surface area contributed by atoms with E-state index in [1.54, 1.807) is 4.31 Å². The van der Waals surface area contributed by atoms with Crippen molar-refractivity contribution in [2.75, 3.05) is 45.6 Å². The zero-order chi connectivity index (χ0) is 18.1. The number of allylic oxidation sites excluding steroid dienone is 2. The molecule has 0 aromatic carbocycles. The number of piperidine rings is 1. The molecular weight excluding hydrogens is 340 g/mol. The van der Waals surface area contributed by atoms with E-state index < -0.39 is 10.0 Å². The van der Waals surface area contributed by atoms with Crippen LogP contribution in [0.3, 0.4) is 0 Å². The Bertz CT molecular complexity index is 637. The van der Waals surface area contributed by atoms with Crippen LogP contribution in [-0.2, 0) is 19.6 Å². The summed E-state index contributed by atoms with van der Waals surface area (Å²) >= 11 is 0. The maximum absolute atomic E-state index is 13.0. The van der Waals surface area contributed by atoms with E-state index in [9.17, 15) is 13.2 Å². The number of hydrogen-bond donors (Lipinski definition) is 0. The van der Waals surface area contributed by atoms with Crippen LogP contribution in [0.4, 0.5) is 0 Å². The van der Waals surface area contributed by atoms with E-state index in [-0.39, 0.29) is 16.7 Å². The highest BCUT2D eigenvalue weighted by molar-refractivity contribution is 7.88. The summed E-state index contributed by atoms with van der Waals surface area (Å²) < 4.78 is 31.2. The minimum Gasteiger partial charge on any atom is -0.379 e. The summed E-state index contributed by atoms with van der Waals surface area (Å²) in [6.45, 7) is 5.42. The van der Waals surface area contributed by atoms with E-state index in [1.807, 2.05) is 4.90 Å². The van der Waals surface area contributed by atoms with Crippen molar-refractivity contribution in [3.05, 3.63) is 12.2 Å². The number of nitrogens with zero attached hydrogens (tertiary/aromatic N) is 2. The summed E-state index contributed by atoms with van der Waals surface area (Å²) in [5.74, 6) is 0.251. The molecule has 7 heteroatoms. The van der Waals surface area contributed by atoms with Crippen LogP contribution in [0.2, 0.25) is 0 Å². The number of sulfonamides is 1. The summed E-state index contributed by atoms with van der Waals surface area (Å²) in [5.41, 5.74) is -0.443. The van der Waals surface area contributed by atoms with Gasteiger partial charge in [0.05, 0.1) is 24.9 Å². The summed E-state index contributed by atoms with van der Waals surface area (Å²) in [4.78, 5) is 15.0. The molecule has 6 nitrogen and oxygen atoms in total. The SMILES string of the molecule is CC1(C(=O)N2CCC3(CC2)COCCN(S(C)(=O)=O)C3)CC=CCC1. The zero-order valence-electron chi connectivity index (χ0n) is 15.4. The van der Waals surface area contributed by atoms with Crippen molar-refractivity contribution in [1.29, 1.82) is 0 Å². The van der Waals surface area contributed by atoms with Gasteiger partial charge in [-0.3, -0.25) is 4.79 Å². The lowest BCUT2D eigenvalue weighted by Crippen LogP contribution is -2.52. The molecule has 1 unspecified atom stereocenters. The highest BCUT2D eigenvalue weighted by atomic mass is 32.2. The lowest BCUT2D eigenvalue weighted by molar-refractivity contribution is -0.144. The van der Waals surface area contributed by atoms with Gasteiger partial charge in [-0.05, 0) is 32.1 Å². The third-order valence-corrected chi connectivity index (χ3v) is 7.35. The normalized spacial score (nSPS) is 31.0. The van der Waals surface area contributed by atoms with Crippen LogP contribution in [0, 0.1) is 10.8 Å². The molecular formula is C18H30N2O4S. The van der Waals surface area contributed by atoms with Gasteiger partial charge in [0.15, 0.2) is 0 Å². The predicted molar refractivity (Wildman–Crippen MR) is 96.6 cm³/mol. The zero-order valence-corrected chi connectivity index (χ0v) is 16.2. The Morgan fingerprint density at radius 1 is 1.12 bits per heavy atom. The molecule has 2 saturated heterocycles. The number of ether oxygens (including phenoxy) is 1. The number of likely N-dealkylation sites (tertiary alicyclic amines) is 1. The van der Waals surface area contributed by atoms with Gasteiger partial charge in [0.2, 0.25) is 15.9 Å². The van der Waals surface area contributed by atoms with Gasteiger partial charge < -0.3 is 9.64 Å². The molecule has 3 aliphatic rings. The highest BCUT2D eigenvalue weighted by Gasteiger charge is 2.43. The number of carbonyl (C=O) groups excluding carboxylic acids is 1. The van der Waals surface area contributed by atoms with Crippen molar-refractivity contribution in [2.45, 2.75) is 39.0 Å². The summed E-state index contributed by atoms with van der Waals surface area (Å²) in [6, 6.07) is 0. The quantitative estimate of drug-likeness (QED) is 0.693. The topological polar surface area (TPSA) is 66.9 Å². The molecule has 3 rings (SSSR count). The third-order valence-electron chi connectivity index (χ3n) is 6.10. The molecule has 0 N–H and O–H groups in total. The van der Waals surface area contributed by atoms with Gasteiger partial charge >= 0.3 is 0 Å². The molecule has 142 valence electrons. The van der Waals surface area contributed by atoms with Gasteiger partial charge in [-0.15, -0.1) is 0 Å². The van der Waals surface area contributed by atoms with Gasteiger partial charge in [-0.2, -0.15) is 4.31 Å². The molecule has 1 spiro atoms. The number of amides is 1. The Hall–Kier alpha value is -0.920. The highest BCUT2D eigenvalue weighted by Crippen LogP contribution is 2.39. The lowest BCUT2D eigenvalue weighted by atomic mass is 9.75. The van der Waals surface area contributed by atoms with Gasteiger partial charge in [-0.1, -0.05) is 19.1 Å². The van der Waals surface area contributed by atoms with Crippen molar-refractivity contribution in [3.8, 4) is 0 Å². The first-order valence-electron chi connectivity index (χ1n) is 9.22. The van der Waals surface area contributed by atoms with Crippen LogP contribution < -0.4 is 0 Å². The molecule has 0 saturated carbocycles. The van der Waals surface area contributed by atoms with Gasteiger partial charge in [0.1, 0.15) is 0 Å². The van der Waals surface area contributed by atoms with Gasteiger partial charge in [-0.25, -0.2) is 8.42 Å². The van der Waals surface area contributed by atoms with Crippen molar-refractivity contribution >= 4 is 15.9 Å². The molecule has 2 fully saturated rings. The molecule has 0 aromatic rings. The smallest absolute Gasteiger partial charge is 0.228 e. The molecule has 25 heavy (non-hydrogen) atoms. The molecule has 1 aliphatic carbocycles. The molecule has 0 bridgehead atoms. The average molecular weight is 371 g/mol. The fraction of sp³-hybridized carbons (Fsp3) is 0.833. The maximum atomic E-state index is 13.0.